The van der Waals surface area contributed by atoms with E-state index in [0.29, 0.717) is 47.9 Å². The summed E-state index contributed by atoms with van der Waals surface area (Å²) in [5.41, 5.74) is 0.405. The molecule has 2 aliphatic rings. The van der Waals surface area contributed by atoms with Crippen molar-refractivity contribution in [1.29, 1.82) is 0 Å². The van der Waals surface area contributed by atoms with Gasteiger partial charge in [0, 0.05) is 18.5 Å². The molecule has 2 aliphatic heterocycles. The highest BCUT2D eigenvalue weighted by molar-refractivity contribution is 6.04. The number of methoxy groups -OCH3 is 1. The number of ether oxygens (including phenoxy) is 3. The molecule has 0 aliphatic carbocycles. The van der Waals surface area contributed by atoms with Crippen molar-refractivity contribution in [1.82, 2.24) is 20.1 Å². The lowest BCUT2D eigenvalue weighted by Crippen LogP contribution is -2.27. The average Bonchev–Trinajstić information content (AvgIpc) is 3.08. The van der Waals surface area contributed by atoms with Gasteiger partial charge in [0.05, 0.1) is 7.11 Å². The van der Waals surface area contributed by atoms with Crippen molar-refractivity contribution in [2.45, 2.75) is 18.8 Å². The normalized spacial score (nSPS) is 16.2. The number of hydrogen-bond donors (Lipinski definition) is 2. The Bertz CT molecular complexity index is 833. The van der Waals surface area contributed by atoms with E-state index in [-0.39, 0.29) is 18.3 Å². The number of nitrogens with zero attached hydrogens (tertiary/aromatic N) is 3. The molecule has 0 spiro atoms. The van der Waals surface area contributed by atoms with Crippen molar-refractivity contribution in [2.24, 2.45) is 7.05 Å². The Balaban J connectivity index is 0.00000225. The fraction of sp³-hybridized carbons (Fsp3) is 0.500. The second-order valence-corrected chi connectivity index (χ2v) is 6.60. The summed E-state index contributed by atoms with van der Waals surface area (Å²) in [6.45, 7) is 2.81. The number of aryl methyl sites for hydroxylation is 1. The van der Waals surface area contributed by atoms with Crippen LogP contribution in [0.15, 0.2) is 12.1 Å². The first-order chi connectivity index (χ1) is 13.2. The van der Waals surface area contributed by atoms with E-state index in [9.17, 15) is 4.79 Å². The van der Waals surface area contributed by atoms with E-state index >= 15 is 0 Å². The summed E-state index contributed by atoms with van der Waals surface area (Å²) in [6.07, 6.45) is 1.99. The van der Waals surface area contributed by atoms with Crippen LogP contribution in [0, 0.1) is 0 Å². The lowest BCUT2D eigenvalue weighted by atomic mass is 9.98. The van der Waals surface area contributed by atoms with Gasteiger partial charge >= 0.3 is 0 Å². The van der Waals surface area contributed by atoms with Crippen LogP contribution in [0.25, 0.3) is 0 Å². The van der Waals surface area contributed by atoms with E-state index in [1.165, 1.54) is 7.11 Å². The first-order valence-corrected chi connectivity index (χ1v) is 9.06. The van der Waals surface area contributed by atoms with Gasteiger partial charge < -0.3 is 19.5 Å². The Morgan fingerprint density at radius 2 is 2.04 bits per heavy atom. The zero-order valence-corrected chi connectivity index (χ0v) is 16.7. The highest BCUT2D eigenvalue weighted by atomic mass is 35.5. The Morgan fingerprint density at radius 3 is 2.79 bits per heavy atom. The summed E-state index contributed by atoms with van der Waals surface area (Å²) in [5, 5.41) is 10.6. The average molecular weight is 410 g/mol. The van der Waals surface area contributed by atoms with Gasteiger partial charge in [0.15, 0.2) is 17.3 Å². The molecule has 1 aromatic carbocycles. The van der Waals surface area contributed by atoms with E-state index in [1.54, 1.807) is 23.9 Å². The number of piperidine rings is 1. The third-order valence-electron chi connectivity index (χ3n) is 4.80. The smallest absolute Gasteiger partial charge is 0.258 e. The van der Waals surface area contributed by atoms with E-state index in [2.05, 4.69) is 20.7 Å². The van der Waals surface area contributed by atoms with Crippen molar-refractivity contribution in [3.63, 3.8) is 0 Å². The van der Waals surface area contributed by atoms with Crippen LogP contribution in [0.5, 0.6) is 17.2 Å². The van der Waals surface area contributed by atoms with Gasteiger partial charge in [0.1, 0.15) is 13.2 Å². The molecule has 0 saturated carbocycles. The van der Waals surface area contributed by atoms with Gasteiger partial charge in [-0.25, -0.2) is 4.68 Å². The van der Waals surface area contributed by atoms with E-state index in [4.69, 9.17) is 14.2 Å². The molecule has 1 amide bonds. The van der Waals surface area contributed by atoms with Crippen molar-refractivity contribution in [3.05, 3.63) is 23.5 Å². The van der Waals surface area contributed by atoms with Gasteiger partial charge in [-0.1, -0.05) is 0 Å². The molecule has 1 fully saturated rings. The third-order valence-corrected chi connectivity index (χ3v) is 4.80. The Kier molecular flexibility index (Phi) is 6.25. The molecule has 2 aromatic rings. The van der Waals surface area contributed by atoms with E-state index in [0.717, 1.165) is 31.8 Å². The molecule has 10 heteroatoms. The van der Waals surface area contributed by atoms with Crippen LogP contribution in [0.4, 0.5) is 5.95 Å². The molecule has 9 nitrogen and oxygen atoms in total. The quantitative estimate of drug-likeness (QED) is 0.793. The van der Waals surface area contributed by atoms with Gasteiger partial charge in [-0.15, -0.1) is 12.4 Å². The lowest BCUT2D eigenvalue weighted by molar-refractivity contribution is 0.102. The number of fused-ring (bicyclic) bond motifs is 1. The van der Waals surface area contributed by atoms with Crippen LogP contribution in [0.3, 0.4) is 0 Å². The minimum absolute atomic E-state index is 0. The minimum Gasteiger partial charge on any atom is -0.493 e. The lowest BCUT2D eigenvalue weighted by Gasteiger charge is -2.21. The summed E-state index contributed by atoms with van der Waals surface area (Å²) in [5.74, 6) is 2.68. The summed E-state index contributed by atoms with van der Waals surface area (Å²) in [7, 11) is 3.31. The molecule has 0 radical (unpaired) electrons. The number of anilines is 1. The van der Waals surface area contributed by atoms with Gasteiger partial charge in [-0.05, 0) is 38.1 Å². The summed E-state index contributed by atoms with van der Waals surface area (Å²) in [4.78, 5) is 17.3. The van der Waals surface area contributed by atoms with Crippen molar-refractivity contribution in [3.8, 4) is 17.2 Å². The van der Waals surface area contributed by atoms with Crippen LogP contribution in [-0.4, -0.2) is 54.1 Å². The number of carbonyl (C=O) groups is 1. The number of hydrogen-bond acceptors (Lipinski definition) is 7. The topological polar surface area (TPSA) is 99.5 Å². The zero-order valence-electron chi connectivity index (χ0n) is 15.9. The molecule has 1 aromatic heterocycles. The van der Waals surface area contributed by atoms with Crippen LogP contribution >= 0.6 is 12.4 Å². The van der Waals surface area contributed by atoms with Crippen LogP contribution in [-0.2, 0) is 7.05 Å². The van der Waals surface area contributed by atoms with Crippen LogP contribution in [0.2, 0.25) is 0 Å². The molecule has 0 atom stereocenters. The first kappa shape index (κ1) is 20.2. The maximum Gasteiger partial charge on any atom is 0.258 e. The summed E-state index contributed by atoms with van der Waals surface area (Å²) in [6, 6.07) is 3.28. The second kappa shape index (κ2) is 8.66. The SMILES string of the molecule is COc1cc(C(=O)Nc2nc(C3CCNCC3)nn2C)cc2c1OCCO2.Cl. The summed E-state index contributed by atoms with van der Waals surface area (Å²) >= 11 is 0. The minimum atomic E-state index is -0.308. The number of amides is 1. The highest BCUT2D eigenvalue weighted by Gasteiger charge is 2.24. The van der Waals surface area contributed by atoms with E-state index in [1.807, 2.05) is 0 Å². The third kappa shape index (κ3) is 4.00. The molecular weight excluding hydrogens is 386 g/mol. The van der Waals surface area contributed by atoms with Gasteiger partial charge in [-0.3, -0.25) is 10.1 Å². The maximum atomic E-state index is 12.8. The Hall–Kier alpha value is -2.52. The van der Waals surface area contributed by atoms with Crippen molar-refractivity contribution < 1.29 is 19.0 Å². The number of halogens is 1. The molecule has 0 unspecified atom stereocenters. The molecule has 152 valence electrons. The molecule has 0 bridgehead atoms. The first-order valence-electron chi connectivity index (χ1n) is 9.06. The number of rotatable bonds is 4. The zero-order chi connectivity index (χ0) is 18.8. The Morgan fingerprint density at radius 1 is 1.29 bits per heavy atom. The number of aromatic nitrogens is 3. The van der Waals surface area contributed by atoms with Crippen molar-refractivity contribution in [2.75, 3.05) is 38.7 Å². The Labute approximate surface area is 169 Å². The standard InChI is InChI=1S/C18H23N5O4.ClH/c1-23-18(20-16(22-23)11-3-5-19-6-4-11)21-17(24)12-9-13(25-2)15-14(10-12)26-7-8-27-15;/h9-11,19H,3-8H2,1-2H3,(H,20,21,22,24);1H. The fourth-order valence-corrected chi connectivity index (χ4v) is 3.34. The predicted molar refractivity (Wildman–Crippen MR) is 105 cm³/mol. The fourth-order valence-electron chi connectivity index (χ4n) is 3.34. The molecule has 3 heterocycles. The number of benzene rings is 1. The largest absolute Gasteiger partial charge is 0.493 e. The summed E-state index contributed by atoms with van der Waals surface area (Å²) < 4.78 is 18.1. The predicted octanol–water partition coefficient (Wildman–Crippen LogP) is 1.74. The molecule has 1 saturated heterocycles. The van der Waals surface area contributed by atoms with Crippen LogP contribution < -0.4 is 24.8 Å². The van der Waals surface area contributed by atoms with E-state index < -0.39 is 0 Å². The monoisotopic (exact) mass is 409 g/mol. The molecule has 2 N–H and O–H groups in total. The van der Waals surface area contributed by atoms with Crippen molar-refractivity contribution >= 4 is 24.3 Å². The van der Waals surface area contributed by atoms with Gasteiger partial charge in [-0.2, -0.15) is 10.1 Å². The highest BCUT2D eigenvalue weighted by Crippen LogP contribution is 2.40. The van der Waals surface area contributed by atoms with Gasteiger partial charge in [0.25, 0.3) is 5.91 Å². The molecule has 4 rings (SSSR count). The maximum absolute atomic E-state index is 12.8. The number of nitrogens with one attached hydrogen (secondary N) is 2. The van der Waals surface area contributed by atoms with Gasteiger partial charge in [0.2, 0.25) is 11.7 Å². The molecule has 28 heavy (non-hydrogen) atoms. The van der Waals surface area contributed by atoms with Crippen LogP contribution in [0.1, 0.15) is 34.9 Å². The number of carbonyl (C=O) groups excluding carboxylic acids is 1. The second-order valence-electron chi connectivity index (χ2n) is 6.60. The molecular formula is C18H24ClN5O4.